The van der Waals surface area contributed by atoms with Gasteiger partial charge in [-0.1, -0.05) is 34.1 Å². The van der Waals surface area contributed by atoms with Gasteiger partial charge in [0.25, 0.3) is 0 Å². The summed E-state index contributed by atoms with van der Waals surface area (Å²) in [6, 6.07) is 0. The average molecular weight is 421 g/mol. The molecule has 6 heteroatoms. The third kappa shape index (κ3) is 2.75. The van der Waals surface area contributed by atoms with Crippen LogP contribution in [0.3, 0.4) is 0 Å². The highest BCUT2D eigenvalue weighted by molar-refractivity contribution is 5.66. The molecule has 2 saturated heterocycles. The molecule has 2 aliphatic heterocycles. The molecule has 0 radical (unpaired) electrons. The van der Waals surface area contributed by atoms with Gasteiger partial charge in [-0.2, -0.15) is 0 Å². The molecule has 168 valence electrons. The highest BCUT2D eigenvalue weighted by Gasteiger charge is 2.77. The average Bonchev–Trinajstić information content (AvgIpc) is 3.28. The summed E-state index contributed by atoms with van der Waals surface area (Å²) in [5, 5.41) is 0. The van der Waals surface area contributed by atoms with Crippen molar-refractivity contribution in [1.82, 2.24) is 0 Å². The van der Waals surface area contributed by atoms with Gasteiger partial charge in [0, 0.05) is 19.8 Å². The molecule has 0 N–H and O–H groups in total. The topological polar surface area (TPSA) is 74.4 Å². The molecular formula is C24H36O6. The summed E-state index contributed by atoms with van der Waals surface area (Å²) >= 11 is 0. The van der Waals surface area contributed by atoms with Gasteiger partial charge in [-0.05, 0) is 53.8 Å². The van der Waals surface area contributed by atoms with Gasteiger partial charge in [0.1, 0.15) is 0 Å². The highest BCUT2D eigenvalue weighted by Crippen LogP contribution is 2.74. The minimum atomic E-state index is -0.710. The lowest BCUT2D eigenvalue weighted by Crippen LogP contribution is -2.63. The molecule has 3 aliphatic carbocycles. The molecule has 0 aromatic heterocycles. The van der Waals surface area contributed by atoms with Crippen LogP contribution in [0.1, 0.15) is 73.6 Å². The van der Waals surface area contributed by atoms with Crippen LogP contribution in [0.4, 0.5) is 0 Å². The molecule has 10 atom stereocenters. The van der Waals surface area contributed by atoms with Crippen LogP contribution in [0.5, 0.6) is 0 Å². The lowest BCUT2D eigenvalue weighted by molar-refractivity contribution is -0.225. The van der Waals surface area contributed by atoms with Crippen molar-refractivity contribution in [2.24, 2.45) is 39.9 Å². The van der Waals surface area contributed by atoms with Crippen LogP contribution in [0, 0.1) is 39.9 Å². The van der Waals surface area contributed by atoms with Crippen molar-refractivity contribution in [3.05, 3.63) is 0 Å². The van der Waals surface area contributed by atoms with Crippen molar-refractivity contribution in [3.63, 3.8) is 0 Å². The van der Waals surface area contributed by atoms with Gasteiger partial charge in [-0.25, -0.2) is 0 Å². The molecule has 5 rings (SSSR count). The molecule has 0 aromatic rings. The molecule has 3 saturated carbocycles. The van der Waals surface area contributed by atoms with E-state index in [1.807, 2.05) is 0 Å². The van der Waals surface area contributed by atoms with Crippen molar-refractivity contribution < 1.29 is 28.5 Å². The first kappa shape index (κ1) is 20.7. The number of carbonyl (C=O) groups excluding carboxylic acids is 2. The number of epoxide rings is 1. The number of fused-ring (bicyclic) bond motifs is 8. The number of hydrogen-bond donors (Lipinski definition) is 0. The minimum absolute atomic E-state index is 0.0126. The molecule has 2 unspecified atom stereocenters. The zero-order chi connectivity index (χ0) is 21.6. The molecule has 5 aliphatic rings. The summed E-state index contributed by atoms with van der Waals surface area (Å²) < 4.78 is 23.7. The van der Waals surface area contributed by atoms with Crippen LogP contribution in [0.15, 0.2) is 0 Å². The SMILES string of the molecule is CC(=O)O[C@@H]1O[C@H](OC(C)=O)[C@@H]2[C@H]1[C@@H]1O[C@@H]1C1[C@@]3(C)CCCC(C)(C)C3CC[C@]12C. The third-order valence-electron chi connectivity index (χ3n) is 9.55. The number of ether oxygens (including phenoxy) is 4. The van der Waals surface area contributed by atoms with Crippen molar-refractivity contribution in [2.75, 3.05) is 0 Å². The van der Waals surface area contributed by atoms with E-state index < -0.39 is 12.6 Å². The van der Waals surface area contributed by atoms with E-state index in [9.17, 15) is 9.59 Å². The Morgan fingerprint density at radius 2 is 1.50 bits per heavy atom. The number of esters is 2. The van der Waals surface area contributed by atoms with Crippen LogP contribution >= 0.6 is 0 Å². The first-order chi connectivity index (χ1) is 14.0. The van der Waals surface area contributed by atoms with E-state index in [0.717, 1.165) is 6.42 Å². The third-order valence-corrected chi connectivity index (χ3v) is 9.55. The quantitative estimate of drug-likeness (QED) is 0.495. The smallest absolute Gasteiger partial charge is 0.304 e. The van der Waals surface area contributed by atoms with E-state index in [4.69, 9.17) is 18.9 Å². The summed E-state index contributed by atoms with van der Waals surface area (Å²) in [4.78, 5) is 23.6. The Bertz CT molecular complexity index is 763. The molecule has 30 heavy (non-hydrogen) atoms. The molecule has 0 aromatic carbocycles. The van der Waals surface area contributed by atoms with Crippen molar-refractivity contribution >= 4 is 11.9 Å². The van der Waals surface area contributed by atoms with Gasteiger partial charge in [0.05, 0.1) is 18.1 Å². The zero-order valence-corrected chi connectivity index (χ0v) is 19.1. The number of hydrogen-bond acceptors (Lipinski definition) is 6. The first-order valence-corrected chi connectivity index (χ1v) is 11.6. The second-order valence-electron chi connectivity index (χ2n) is 11.7. The summed E-state index contributed by atoms with van der Waals surface area (Å²) in [7, 11) is 0. The van der Waals surface area contributed by atoms with E-state index in [-0.39, 0.29) is 46.8 Å². The maximum absolute atomic E-state index is 11.9. The molecular weight excluding hydrogens is 384 g/mol. The van der Waals surface area contributed by atoms with Crippen molar-refractivity contribution in [1.29, 1.82) is 0 Å². The normalized spacial score (nSPS) is 52.9. The van der Waals surface area contributed by atoms with Gasteiger partial charge in [0.2, 0.25) is 12.6 Å². The standard InChI is InChI=1S/C24H36O6/c1-12(25)27-20-15-16(21(30-20)28-13(2)26)24(6)11-8-14-22(3,4)9-7-10-23(14,5)19(24)18-17(15)29-18/h14-21H,7-11H2,1-6H3/t14?,15-,16-,17-,18-,19?,20+,21-,23-,24-/m0/s1. The molecule has 6 nitrogen and oxygen atoms in total. The number of rotatable bonds is 2. The second kappa shape index (κ2) is 6.44. The maximum Gasteiger partial charge on any atom is 0.304 e. The fourth-order valence-corrected chi connectivity index (χ4v) is 8.76. The minimum Gasteiger partial charge on any atom is -0.435 e. The Morgan fingerprint density at radius 1 is 0.833 bits per heavy atom. The monoisotopic (exact) mass is 420 g/mol. The van der Waals surface area contributed by atoms with Crippen LogP contribution in [-0.4, -0.2) is 36.7 Å². The van der Waals surface area contributed by atoms with Crippen LogP contribution in [-0.2, 0) is 28.5 Å². The Labute approximate surface area is 179 Å². The predicted octanol–water partition coefficient (Wildman–Crippen LogP) is 4.06. The molecule has 5 fully saturated rings. The molecule has 0 spiro atoms. The van der Waals surface area contributed by atoms with Gasteiger partial charge in [0.15, 0.2) is 0 Å². The Morgan fingerprint density at radius 3 is 2.17 bits per heavy atom. The van der Waals surface area contributed by atoms with Gasteiger partial charge in [-0.3, -0.25) is 9.59 Å². The largest absolute Gasteiger partial charge is 0.435 e. The first-order valence-electron chi connectivity index (χ1n) is 11.6. The summed E-state index contributed by atoms with van der Waals surface area (Å²) in [5.74, 6) is 0.212. The van der Waals surface area contributed by atoms with Gasteiger partial charge >= 0.3 is 11.9 Å². The Hall–Kier alpha value is -1.14. The maximum atomic E-state index is 11.9. The Kier molecular flexibility index (Phi) is 4.45. The molecule has 0 amide bonds. The van der Waals surface area contributed by atoms with E-state index in [2.05, 4.69) is 27.7 Å². The van der Waals surface area contributed by atoms with E-state index >= 15 is 0 Å². The van der Waals surface area contributed by atoms with Gasteiger partial charge in [-0.15, -0.1) is 0 Å². The van der Waals surface area contributed by atoms with E-state index in [1.54, 1.807) is 0 Å². The molecule has 2 heterocycles. The Balaban J connectivity index is 1.55. The molecule has 0 bridgehead atoms. The van der Waals surface area contributed by atoms with Crippen LogP contribution < -0.4 is 0 Å². The zero-order valence-electron chi connectivity index (χ0n) is 19.1. The van der Waals surface area contributed by atoms with Gasteiger partial charge < -0.3 is 18.9 Å². The fourth-order valence-electron chi connectivity index (χ4n) is 8.76. The lowest BCUT2D eigenvalue weighted by atomic mass is 9.38. The number of carbonyl (C=O) groups is 2. The van der Waals surface area contributed by atoms with Crippen molar-refractivity contribution in [2.45, 2.75) is 98.4 Å². The van der Waals surface area contributed by atoms with Crippen molar-refractivity contribution in [3.8, 4) is 0 Å². The van der Waals surface area contributed by atoms with Crippen LogP contribution in [0.25, 0.3) is 0 Å². The highest BCUT2D eigenvalue weighted by atomic mass is 16.8. The lowest BCUT2D eigenvalue weighted by Gasteiger charge is -2.65. The predicted molar refractivity (Wildman–Crippen MR) is 108 cm³/mol. The van der Waals surface area contributed by atoms with E-state index in [0.29, 0.717) is 17.3 Å². The van der Waals surface area contributed by atoms with E-state index in [1.165, 1.54) is 39.5 Å². The van der Waals surface area contributed by atoms with Crippen LogP contribution in [0.2, 0.25) is 0 Å². The summed E-state index contributed by atoms with van der Waals surface area (Å²) in [6.45, 7) is 12.5. The second-order valence-corrected chi connectivity index (χ2v) is 11.7. The summed E-state index contributed by atoms with van der Waals surface area (Å²) in [5.41, 5.74) is 0.437. The fraction of sp³-hybridized carbons (Fsp3) is 0.917. The summed E-state index contributed by atoms with van der Waals surface area (Å²) in [6.07, 6.45) is 4.77.